The molecule has 1 amide bonds. The molecule has 2 heterocycles. The van der Waals surface area contributed by atoms with E-state index in [1.165, 1.54) is 29.3 Å². The van der Waals surface area contributed by atoms with Crippen LogP contribution >= 0.6 is 23.1 Å². The number of hydrogen-bond acceptors (Lipinski definition) is 9. The summed E-state index contributed by atoms with van der Waals surface area (Å²) in [6.07, 6.45) is 2.72. The first-order chi connectivity index (χ1) is 11.0. The number of aromatic nitrogens is 4. The molecule has 8 nitrogen and oxygen atoms in total. The second-order valence-corrected chi connectivity index (χ2v) is 7.47. The molecule has 0 bridgehead atoms. The van der Waals surface area contributed by atoms with Gasteiger partial charge in [0.1, 0.15) is 0 Å². The summed E-state index contributed by atoms with van der Waals surface area (Å²) in [6, 6.07) is 0. The second-order valence-electron chi connectivity index (χ2n) is 5.23. The summed E-state index contributed by atoms with van der Waals surface area (Å²) in [5.41, 5.74) is 6.73. The van der Waals surface area contributed by atoms with Crippen LogP contribution in [0.25, 0.3) is 0 Å². The van der Waals surface area contributed by atoms with Gasteiger partial charge in [0.2, 0.25) is 17.0 Å². The molecule has 0 aliphatic heterocycles. The Labute approximate surface area is 140 Å². The molecule has 23 heavy (non-hydrogen) atoms. The van der Waals surface area contributed by atoms with Crippen LogP contribution in [0.3, 0.4) is 0 Å². The van der Waals surface area contributed by atoms with Gasteiger partial charge in [0, 0.05) is 12.6 Å². The van der Waals surface area contributed by atoms with Crippen LogP contribution in [0.4, 0.5) is 11.1 Å². The predicted molar refractivity (Wildman–Crippen MR) is 87.5 cm³/mol. The molecular weight excluding hydrogens is 336 g/mol. The van der Waals surface area contributed by atoms with Gasteiger partial charge in [0.25, 0.3) is 0 Å². The van der Waals surface area contributed by atoms with Crippen molar-refractivity contribution in [2.45, 2.75) is 24.1 Å². The molecule has 0 unspecified atom stereocenters. The number of Topliss-reactive ketones (excluding diaryl/α,β-unsaturated/α-hetero) is 1. The Kier molecular flexibility index (Phi) is 4.53. The van der Waals surface area contributed by atoms with Crippen molar-refractivity contribution < 1.29 is 9.59 Å². The summed E-state index contributed by atoms with van der Waals surface area (Å²) < 4.78 is 0.628. The van der Waals surface area contributed by atoms with E-state index in [9.17, 15) is 9.59 Å². The van der Waals surface area contributed by atoms with Gasteiger partial charge >= 0.3 is 0 Å². The molecule has 2 aromatic heterocycles. The summed E-state index contributed by atoms with van der Waals surface area (Å²) in [7, 11) is 0. The summed E-state index contributed by atoms with van der Waals surface area (Å²) in [4.78, 5) is 32.2. The Balaban J connectivity index is 1.62. The topological polar surface area (TPSA) is 124 Å². The lowest BCUT2D eigenvalue weighted by molar-refractivity contribution is -0.113. The number of nitrogens with two attached hydrogens (primary N) is 1. The fraction of sp³-hybridized carbons (Fsp3) is 0.385. The van der Waals surface area contributed by atoms with Gasteiger partial charge in [-0.3, -0.25) is 14.9 Å². The monoisotopic (exact) mass is 350 g/mol. The number of ketones is 1. The highest BCUT2D eigenvalue weighted by molar-refractivity contribution is 8.01. The lowest BCUT2D eigenvalue weighted by Gasteiger charge is -2.19. The number of thioether (sulfide) groups is 1. The largest absolute Gasteiger partial charge is 0.374 e. The average Bonchev–Trinajstić information content (AvgIpc) is 2.90. The van der Waals surface area contributed by atoms with Gasteiger partial charge in [0.15, 0.2) is 10.1 Å². The minimum Gasteiger partial charge on any atom is -0.374 e. The molecule has 0 spiro atoms. The zero-order valence-electron chi connectivity index (χ0n) is 12.3. The third-order valence-electron chi connectivity index (χ3n) is 3.24. The lowest BCUT2D eigenvalue weighted by atomic mass is 9.88. The van der Waals surface area contributed by atoms with E-state index >= 15 is 0 Å². The third kappa shape index (κ3) is 3.82. The Morgan fingerprint density at radius 2 is 2.30 bits per heavy atom. The molecule has 10 heteroatoms. The fourth-order valence-electron chi connectivity index (χ4n) is 2.26. The highest BCUT2D eigenvalue weighted by Gasteiger charge is 2.24. The smallest absolute Gasteiger partial charge is 0.237 e. The van der Waals surface area contributed by atoms with Gasteiger partial charge in [-0.2, -0.15) is 0 Å². The van der Waals surface area contributed by atoms with Crippen molar-refractivity contribution in [1.29, 1.82) is 0 Å². The van der Waals surface area contributed by atoms with Gasteiger partial charge < -0.3 is 5.73 Å². The van der Waals surface area contributed by atoms with Crippen LogP contribution in [0.2, 0.25) is 0 Å². The first-order valence-corrected chi connectivity index (χ1v) is 8.72. The molecular formula is C13H14N6O2S2. The van der Waals surface area contributed by atoms with E-state index < -0.39 is 0 Å². The molecule has 0 saturated carbocycles. The van der Waals surface area contributed by atoms with Crippen molar-refractivity contribution in [3.05, 3.63) is 17.5 Å². The summed E-state index contributed by atoms with van der Waals surface area (Å²) in [5.74, 6) is 0.435. The van der Waals surface area contributed by atoms with Crippen molar-refractivity contribution >= 4 is 45.9 Å². The highest BCUT2D eigenvalue weighted by Crippen LogP contribution is 2.25. The maximum absolute atomic E-state index is 11.9. The Morgan fingerprint density at radius 3 is 3.04 bits per heavy atom. The van der Waals surface area contributed by atoms with Crippen LogP contribution in [0.15, 0.2) is 10.5 Å². The van der Waals surface area contributed by atoms with E-state index in [-0.39, 0.29) is 29.3 Å². The maximum Gasteiger partial charge on any atom is 0.237 e. The fourth-order valence-corrected chi connectivity index (χ4v) is 3.70. The Bertz CT molecular complexity index is 763. The lowest BCUT2D eigenvalue weighted by Crippen LogP contribution is -2.22. The van der Waals surface area contributed by atoms with Gasteiger partial charge in [-0.1, -0.05) is 30.0 Å². The summed E-state index contributed by atoms with van der Waals surface area (Å²) >= 11 is 2.47. The first-order valence-electron chi connectivity index (χ1n) is 6.92. The first kappa shape index (κ1) is 15.8. The molecule has 3 N–H and O–H groups in total. The van der Waals surface area contributed by atoms with E-state index in [2.05, 4.69) is 25.5 Å². The molecule has 0 fully saturated rings. The Hall–Kier alpha value is -2.07. The van der Waals surface area contributed by atoms with Gasteiger partial charge in [-0.15, -0.1) is 10.2 Å². The SMILES string of the molecule is C[C@@H]1CC(=O)c2cnc(NC(=O)CSc3nnc(N)s3)nc2C1. The van der Waals surface area contributed by atoms with Crippen LogP contribution in [-0.2, 0) is 11.2 Å². The van der Waals surface area contributed by atoms with E-state index in [4.69, 9.17) is 5.73 Å². The van der Waals surface area contributed by atoms with Crippen molar-refractivity contribution in [3.8, 4) is 0 Å². The zero-order chi connectivity index (χ0) is 16.4. The van der Waals surface area contributed by atoms with E-state index in [0.717, 1.165) is 0 Å². The van der Waals surface area contributed by atoms with E-state index in [0.29, 0.717) is 33.6 Å². The number of amides is 1. The molecule has 1 aliphatic rings. The number of nitrogens with one attached hydrogen (secondary N) is 1. The maximum atomic E-state index is 11.9. The second kappa shape index (κ2) is 6.59. The van der Waals surface area contributed by atoms with Crippen LogP contribution in [0.1, 0.15) is 29.4 Å². The summed E-state index contributed by atoms with van der Waals surface area (Å²) in [6.45, 7) is 2.01. The summed E-state index contributed by atoms with van der Waals surface area (Å²) in [5, 5.41) is 10.5. The number of rotatable bonds is 4. The van der Waals surface area contributed by atoms with Crippen LogP contribution in [0, 0.1) is 5.92 Å². The van der Waals surface area contributed by atoms with Crippen LogP contribution in [-0.4, -0.2) is 37.6 Å². The minimum absolute atomic E-state index is 0.0565. The number of carbonyl (C=O) groups excluding carboxylic acids is 2. The van der Waals surface area contributed by atoms with Crippen LogP contribution < -0.4 is 11.1 Å². The molecule has 2 aromatic rings. The number of nitrogen functional groups attached to an aromatic ring is 1. The van der Waals surface area contributed by atoms with Crippen LogP contribution in [0.5, 0.6) is 0 Å². The zero-order valence-corrected chi connectivity index (χ0v) is 13.9. The predicted octanol–water partition coefficient (Wildman–Crippen LogP) is 1.41. The number of hydrogen-bond donors (Lipinski definition) is 2. The molecule has 0 saturated heterocycles. The number of anilines is 2. The van der Waals surface area contributed by atoms with Crippen molar-refractivity contribution in [2.24, 2.45) is 5.92 Å². The number of fused-ring (bicyclic) bond motifs is 1. The molecule has 0 radical (unpaired) electrons. The van der Waals surface area contributed by atoms with Crippen molar-refractivity contribution in [2.75, 3.05) is 16.8 Å². The average molecular weight is 350 g/mol. The molecule has 0 aromatic carbocycles. The van der Waals surface area contributed by atoms with Gasteiger partial charge in [-0.05, 0) is 12.3 Å². The van der Waals surface area contributed by atoms with Crippen molar-refractivity contribution in [3.63, 3.8) is 0 Å². The molecule has 1 atom stereocenters. The van der Waals surface area contributed by atoms with Gasteiger partial charge in [0.05, 0.1) is 17.0 Å². The third-order valence-corrected chi connectivity index (χ3v) is 5.13. The number of nitrogens with zero attached hydrogens (tertiary/aromatic N) is 4. The molecule has 3 rings (SSSR count). The highest BCUT2D eigenvalue weighted by atomic mass is 32.2. The Morgan fingerprint density at radius 1 is 1.48 bits per heavy atom. The minimum atomic E-state index is -0.251. The normalized spacial score (nSPS) is 16.9. The quantitative estimate of drug-likeness (QED) is 0.793. The van der Waals surface area contributed by atoms with E-state index in [1.54, 1.807) is 0 Å². The van der Waals surface area contributed by atoms with Crippen molar-refractivity contribution in [1.82, 2.24) is 20.2 Å². The standard InChI is InChI=1S/C13H14N6O2S2/c1-6-2-8-7(9(20)3-6)4-15-12(16-8)17-10(21)5-22-13-19-18-11(14)23-13/h4,6H,2-3,5H2,1H3,(H2,14,18)(H,15,16,17,21)/t6-/m0/s1. The molecule has 120 valence electrons. The number of carbonyl (C=O) groups is 2. The van der Waals surface area contributed by atoms with E-state index in [1.807, 2.05) is 6.92 Å². The molecule has 1 aliphatic carbocycles. The van der Waals surface area contributed by atoms with Gasteiger partial charge in [-0.25, -0.2) is 9.97 Å².